The molecule has 9 nitrogen and oxygen atoms in total. The number of aliphatic hydroxyl groups is 1. The van der Waals surface area contributed by atoms with Gasteiger partial charge in [0.05, 0.1) is 17.2 Å². The number of anilines is 2. The van der Waals surface area contributed by atoms with Crippen molar-refractivity contribution < 1.29 is 9.90 Å². The number of fused-ring (bicyclic) bond motifs is 1. The molecule has 1 amide bonds. The molecule has 3 heterocycles. The number of piperazine rings is 1. The van der Waals surface area contributed by atoms with E-state index in [0.717, 1.165) is 61.2 Å². The van der Waals surface area contributed by atoms with Gasteiger partial charge in [-0.3, -0.25) is 4.79 Å². The van der Waals surface area contributed by atoms with Crippen LogP contribution in [0, 0.1) is 17.2 Å². The van der Waals surface area contributed by atoms with E-state index in [1.807, 2.05) is 32.2 Å². The molecule has 1 aliphatic carbocycles. The minimum absolute atomic E-state index is 0.0592. The average Bonchev–Trinajstić information content (AvgIpc) is 3.33. The molecular weight excluding hydrogens is 466 g/mol. The molecule has 2 aromatic heterocycles. The summed E-state index contributed by atoms with van der Waals surface area (Å²) in [5.74, 6) is 1.67. The first-order valence-electron chi connectivity index (χ1n) is 13.2. The first-order chi connectivity index (χ1) is 17.8. The van der Waals surface area contributed by atoms with Crippen LogP contribution >= 0.6 is 0 Å². The molecule has 1 saturated heterocycles. The summed E-state index contributed by atoms with van der Waals surface area (Å²) in [6.07, 6.45) is 7.75. The van der Waals surface area contributed by atoms with Crippen molar-refractivity contribution in [3.8, 4) is 11.9 Å². The van der Waals surface area contributed by atoms with Gasteiger partial charge in [-0.15, -0.1) is 0 Å². The highest BCUT2D eigenvalue weighted by Crippen LogP contribution is 2.34. The molecule has 0 spiro atoms. The molecule has 2 fully saturated rings. The van der Waals surface area contributed by atoms with Gasteiger partial charge < -0.3 is 24.8 Å². The molecule has 0 unspecified atom stereocenters. The van der Waals surface area contributed by atoms with Gasteiger partial charge in [-0.05, 0) is 69.7 Å². The Morgan fingerprint density at radius 1 is 1.14 bits per heavy atom. The fraction of sp³-hybridized carbons (Fsp3) is 0.500. The van der Waals surface area contributed by atoms with Gasteiger partial charge in [-0.2, -0.15) is 10.2 Å². The predicted molar refractivity (Wildman–Crippen MR) is 144 cm³/mol. The molecule has 2 N–H and O–H groups in total. The molecule has 2 aliphatic rings. The lowest BCUT2D eigenvalue weighted by atomic mass is 9.77. The number of aromatic nitrogens is 3. The van der Waals surface area contributed by atoms with E-state index in [4.69, 9.17) is 10.2 Å². The van der Waals surface area contributed by atoms with Crippen molar-refractivity contribution in [3.63, 3.8) is 0 Å². The van der Waals surface area contributed by atoms with Crippen molar-refractivity contribution in [2.75, 3.05) is 36.4 Å². The highest BCUT2D eigenvalue weighted by atomic mass is 16.3. The number of nitrogens with one attached hydrogen (secondary N) is 1. The second-order valence-electron chi connectivity index (χ2n) is 10.7. The van der Waals surface area contributed by atoms with E-state index < -0.39 is 5.60 Å². The molecule has 3 aromatic rings. The Labute approximate surface area is 217 Å². The van der Waals surface area contributed by atoms with Crippen LogP contribution in [0.4, 0.5) is 11.6 Å². The fourth-order valence-electron chi connectivity index (χ4n) is 5.68. The molecule has 0 atom stereocenters. The second kappa shape index (κ2) is 10.4. The second-order valence-corrected chi connectivity index (χ2v) is 10.7. The number of rotatable bonds is 6. The average molecular weight is 502 g/mol. The van der Waals surface area contributed by atoms with E-state index >= 15 is 0 Å². The topological polar surface area (TPSA) is 110 Å². The third kappa shape index (κ3) is 5.39. The molecular formula is C28H35N7O2. The predicted octanol–water partition coefficient (Wildman–Crippen LogP) is 3.72. The van der Waals surface area contributed by atoms with E-state index in [-0.39, 0.29) is 12.3 Å². The van der Waals surface area contributed by atoms with Crippen molar-refractivity contribution in [1.82, 2.24) is 19.4 Å². The lowest BCUT2D eigenvalue weighted by Crippen LogP contribution is -2.48. The van der Waals surface area contributed by atoms with E-state index in [1.54, 1.807) is 11.1 Å². The summed E-state index contributed by atoms with van der Waals surface area (Å²) in [7, 11) is 0. The molecule has 0 radical (unpaired) electrons. The minimum atomic E-state index is -0.627. The smallest absolute Gasteiger partial charge is 0.236 e. The number of benzene rings is 1. The number of amides is 1. The number of nitrogens with zero attached hydrogens (tertiary/aromatic N) is 6. The number of hydrogen-bond donors (Lipinski definition) is 2. The Morgan fingerprint density at radius 2 is 1.89 bits per heavy atom. The van der Waals surface area contributed by atoms with Crippen molar-refractivity contribution in [2.45, 2.75) is 57.6 Å². The van der Waals surface area contributed by atoms with Crippen LogP contribution in [0.25, 0.3) is 16.7 Å². The van der Waals surface area contributed by atoms with Crippen molar-refractivity contribution in [1.29, 1.82) is 5.26 Å². The van der Waals surface area contributed by atoms with Gasteiger partial charge in [-0.25, -0.2) is 4.98 Å². The molecule has 194 valence electrons. The van der Waals surface area contributed by atoms with Gasteiger partial charge in [-0.1, -0.05) is 6.07 Å². The van der Waals surface area contributed by atoms with Crippen LogP contribution in [-0.4, -0.2) is 68.3 Å². The zero-order chi connectivity index (χ0) is 26.0. The zero-order valence-corrected chi connectivity index (χ0v) is 21.6. The third-order valence-electron chi connectivity index (χ3n) is 7.86. The Hall–Kier alpha value is -3.64. The van der Waals surface area contributed by atoms with Crippen LogP contribution in [0.2, 0.25) is 0 Å². The number of hydrogen-bond acceptors (Lipinski definition) is 7. The Bertz CT molecular complexity index is 1290. The minimum Gasteiger partial charge on any atom is -0.390 e. The quantitative estimate of drug-likeness (QED) is 0.530. The summed E-state index contributed by atoms with van der Waals surface area (Å²) in [6, 6.07) is 12.6. The lowest BCUT2D eigenvalue weighted by Gasteiger charge is -2.36. The fourth-order valence-corrected chi connectivity index (χ4v) is 5.68. The molecule has 37 heavy (non-hydrogen) atoms. The van der Waals surface area contributed by atoms with Crippen LogP contribution in [0.5, 0.6) is 0 Å². The maximum Gasteiger partial charge on any atom is 0.236 e. The van der Waals surface area contributed by atoms with Crippen LogP contribution in [0.1, 0.15) is 46.0 Å². The van der Waals surface area contributed by atoms with Crippen LogP contribution in [0.15, 0.2) is 42.7 Å². The summed E-state index contributed by atoms with van der Waals surface area (Å²) in [4.78, 5) is 25.5. The Balaban J connectivity index is 1.30. The SMILES string of the molecule is CC(C)(O)[C@H]1CC[C@H](Nc2nccc(-n3ccc4c(N5CCN(C(=O)CC#N)CC5)cccc43)n2)CC1. The lowest BCUT2D eigenvalue weighted by molar-refractivity contribution is -0.130. The third-order valence-corrected chi connectivity index (χ3v) is 7.86. The van der Waals surface area contributed by atoms with Gasteiger partial charge in [0.2, 0.25) is 11.9 Å². The standard InChI is InChI=1S/C28H35N7O2/c1-28(2,37)20-6-8-21(9-7-20)31-27-30-14-11-25(32-27)35-15-12-22-23(4-3-5-24(22)35)33-16-18-34(19-17-33)26(36)10-13-29/h3-5,11-12,14-15,20-21,37H,6-10,16-19H2,1-2H3,(H,30,31,32)/t20-,21-. The van der Waals surface area contributed by atoms with Gasteiger partial charge in [0, 0.05) is 55.7 Å². The van der Waals surface area contributed by atoms with E-state index in [1.165, 1.54) is 0 Å². The van der Waals surface area contributed by atoms with Gasteiger partial charge >= 0.3 is 0 Å². The Morgan fingerprint density at radius 3 is 2.59 bits per heavy atom. The normalized spacial score (nSPS) is 20.6. The first-order valence-corrected chi connectivity index (χ1v) is 13.2. The van der Waals surface area contributed by atoms with E-state index in [9.17, 15) is 9.90 Å². The maximum atomic E-state index is 12.1. The molecule has 9 heteroatoms. The highest BCUT2D eigenvalue weighted by Gasteiger charge is 2.31. The van der Waals surface area contributed by atoms with Gasteiger partial charge in [0.25, 0.3) is 0 Å². The summed E-state index contributed by atoms with van der Waals surface area (Å²) >= 11 is 0. The summed E-state index contributed by atoms with van der Waals surface area (Å²) in [5.41, 5.74) is 1.58. The summed E-state index contributed by atoms with van der Waals surface area (Å²) < 4.78 is 2.09. The first kappa shape index (κ1) is 25.0. The molecule has 1 aromatic carbocycles. The summed E-state index contributed by atoms with van der Waals surface area (Å²) in [6.45, 7) is 6.52. The number of nitriles is 1. The van der Waals surface area contributed by atoms with E-state index in [2.05, 4.69) is 44.0 Å². The monoisotopic (exact) mass is 501 g/mol. The Kier molecular flexibility index (Phi) is 7.02. The van der Waals surface area contributed by atoms with Crippen molar-refractivity contribution in [3.05, 3.63) is 42.7 Å². The van der Waals surface area contributed by atoms with Crippen LogP contribution in [0.3, 0.4) is 0 Å². The zero-order valence-electron chi connectivity index (χ0n) is 21.6. The molecule has 1 aliphatic heterocycles. The maximum absolute atomic E-state index is 12.1. The van der Waals surface area contributed by atoms with Crippen molar-refractivity contribution >= 4 is 28.4 Å². The largest absolute Gasteiger partial charge is 0.390 e. The molecule has 0 bridgehead atoms. The molecule has 1 saturated carbocycles. The van der Waals surface area contributed by atoms with Crippen LogP contribution < -0.4 is 10.2 Å². The summed E-state index contributed by atoms with van der Waals surface area (Å²) in [5, 5.41) is 23.8. The molecule has 5 rings (SSSR count). The number of carbonyl (C=O) groups is 1. The van der Waals surface area contributed by atoms with Crippen molar-refractivity contribution in [2.24, 2.45) is 5.92 Å². The highest BCUT2D eigenvalue weighted by molar-refractivity contribution is 5.94. The van der Waals surface area contributed by atoms with Crippen LogP contribution in [-0.2, 0) is 4.79 Å². The van der Waals surface area contributed by atoms with Gasteiger partial charge in [0.1, 0.15) is 12.2 Å². The number of carbonyl (C=O) groups excluding carboxylic acids is 1. The van der Waals surface area contributed by atoms with Gasteiger partial charge in [0.15, 0.2) is 0 Å². The van der Waals surface area contributed by atoms with E-state index in [0.29, 0.717) is 31.0 Å².